The van der Waals surface area contributed by atoms with Crippen LogP contribution >= 0.6 is 27.5 Å². The number of rotatable bonds is 3. The molecule has 0 spiro atoms. The summed E-state index contributed by atoms with van der Waals surface area (Å²) in [5, 5.41) is 1.83. The first kappa shape index (κ1) is 15.0. The molecule has 116 valence electrons. The maximum atomic E-state index is 6.11. The van der Waals surface area contributed by atoms with E-state index in [0.29, 0.717) is 11.8 Å². The molecule has 23 heavy (non-hydrogen) atoms. The number of aromatic nitrogens is 1. The van der Waals surface area contributed by atoms with E-state index in [4.69, 9.17) is 21.3 Å². The zero-order chi connectivity index (χ0) is 16.0. The first-order chi connectivity index (χ1) is 11.2. The maximum absolute atomic E-state index is 6.11. The highest BCUT2D eigenvalue weighted by Gasteiger charge is 2.41. The highest BCUT2D eigenvalue weighted by Crippen LogP contribution is 2.55. The van der Waals surface area contributed by atoms with E-state index in [1.807, 2.05) is 30.3 Å². The zero-order valence-corrected chi connectivity index (χ0v) is 14.9. The zero-order valence-electron chi connectivity index (χ0n) is 12.6. The Morgan fingerprint density at radius 3 is 2.78 bits per heavy atom. The first-order valence-corrected chi connectivity index (χ1v) is 8.72. The van der Waals surface area contributed by atoms with E-state index in [1.54, 1.807) is 7.11 Å². The molecule has 2 atom stereocenters. The summed E-state index contributed by atoms with van der Waals surface area (Å²) in [5.74, 6) is 1.82. The Labute approximate surface area is 148 Å². The van der Waals surface area contributed by atoms with E-state index in [-0.39, 0.29) is 0 Å². The number of hydrogen-bond donors (Lipinski definition) is 0. The summed E-state index contributed by atoms with van der Waals surface area (Å²) in [6.45, 7) is 0. The Kier molecular flexibility index (Phi) is 3.78. The average molecular weight is 389 g/mol. The molecule has 0 amide bonds. The van der Waals surface area contributed by atoms with Gasteiger partial charge in [0.25, 0.3) is 0 Å². The van der Waals surface area contributed by atoms with Crippen LogP contribution < -0.4 is 4.74 Å². The van der Waals surface area contributed by atoms with Gasteiger partial charge in [-0.1, -0.05) is 39.7 Å². The minimum Gasteiger partial charge on any atom is -0.496 e. The molecule has 2 unspecified atom stereocenters. The van der Waals surface area contributed by atoms with Crippen molar-refractivity contribution < 1.29 is 4.74 Å². The van der Waals surface area contributed by atoms with Crippen molar-refractivity contribution in [1.29, 1.82) is 0 Å². The summed E-state index contributed by atoms with van der Waals surface area (Å²) < 4.78 is 6.60. The summed E-state index contributed by atoms with van der Waals surface area (Å²) >= 11 is 9.63. The Morgan fingerprint density at radius 1 is 1.13 bits per heavy atom. The van der Waals surface area contributed by atoms with Gasteiger partial charge in [-0.3, -0.25) is 4.98 Å². The van der Waals surface area contributed by atoms with E-state index in [1.165, 1.54) is 5.56 Å². The molecule has 1 aliphatic rings. The largest absolute Gasteiger partial charge is 0.496 e. The van der Waals surface area contributed by atoms with Crippen LogP contribution in [0.4, 0.5) is 0 Å². The first-order valence-electron chi connectivity index (χ1n) is 7.55. The van der Waals surface area contributed by atoms with E-state index in [2.05, 4.69) is 34.1 Å². The van der Waals surface area contributed by atoms with Gasteiger partial charge in [-0.2, -0.15) is 0 Å². The van der Waals surface area contributed by atoms with Gasteiger partial charge in [-0.05, 0) is 48.2 Å². The van der Waals surface area contributed by atoms with Gasteiger partial charge in [0.2, 0.25) is 0 Å². The van der Waals surface area contributed by atoms with Crippen molar-refractivity contribution in [2.75, 3.05) is 7.11 Å². The third kappa shape index (κ3) is 2.84. The van der Waals surface area contributed by atoms with Crippen molar-refractivity contribution in [2.24, 2.45) is 0 Å². The van der Waals surface area contributed by atoms with Gasteiger partial charge in [0, 0.05) is 32.6 Å². The van der Waals surface area contributed by atoms with E-state index >= 15 is 0 Å². The number of nitrogens with zero attached hydrogens (tertiary/aromatic N) is 1. The number of hydrogen-bond acceptors (Lipinski definition) is 2. The smallest absolute Gasteiger partial charge is 0.130 e. The normalized spacial score (nSPS) is 19.8. The van der Waals surface area contributed by atoms with E-state index < -0.39 is 0 Å². The fraction of sp³-hybridized carbons (Fsp3) is 0.211. The van der Waals surface area contributed by atoms with Crippen molar-refractivity contribution in [1.82, 2.24) is 4.98 Å². The molecule has 0 saturated heterocycles. The summed E-state index contributed by atoms with van der Waals surface area (Å²) in [4.78, 5) is 4.86. The fourth-order valence-corrected chi connectivity index (χ4v) is 3.72. The number of benzene rings is 2. The Bertz CT molecular complexity index is 896. The number of pyridine rings is 1. The number of fused-ring (bicyclic) bond motifs is 1. The van der Waals surface area contributed by atoms with Crippen LogP contribution in [0, 0.1) is 0 Å². The van der Waals surface area contributed by atoms with Crippen molar-refractivity contribution >= 4 is 38.4 Å². The fourth-order valence-electron chi connectivity index (χ4n) is 3.18. The number of methoxy groups -OCH3 is 1. The van der Waals surface area contributed by atoms with Gasteiger partial charge in [-0.25, -0.2) is 0 Å². The topological polar surface area (TPSA) is 22.1 Å². The Morgan fingerprint density at radius 2 is 2.00 bits per heavy atom. The van der Waals surface area contributed by atoms with Gasteiger partial charge in [0.05, 0.1) is 12.6 Å². The van der Waals surface area contributed by atoms with Crippen LogP contribution in [0.15, 0.2) is 53.0 Å². The molecule has 0 N–H and O–H groups in total. The second-order valence-corrected chi connectivity index (χ2v) is 7.27. The minimum absolute atomic E-state index is 0.436. The lowest BCUT2D eigenvalue weighted by Crippen LogP contribution is -1.94. The van der Waals surface area contributed by atoms with Crippen LogP contribution in [0.5, 0.6) is 5.75 Å². The van der Waals surface area contributed by atoms with Crippen LogP contribution in [-0.2, 0) is 0 Å². The molecule has 1 aromatic heterocycles. The van der Waals surface area contributed by atoms with Crippen LogP contribution in [0.1, 0.15) is 29.5 Å². The van der Waals surface area contributed by atoms with Crippen molar-refractivity contribution in [3.05, 3.63) is 69.3 Å². The van der Waals surface area contributed by atoms with Crippen molar-refractivity contribution in [2.45, 2.75) is 18.3 Å². The molecule has 0 bridgehead atoms. The van der Waals surface area contributed by atoms with Crippen LogP contribution in [0.3, 0.4) is 0 Å². The Balaban J connectivity index is 1.73. The molecule has 1 aliphatic carbocycles. The molecule has 0 radical (unpaired) electrons. The molecule has 3 aromatic rings. The molecule has 4 heteroatoms. The molecule has 2 nitrogen and oxygen atoms in total. The third-order valence-corrected chi connectivity index (χ3v) is 5.15. The lowest BCUT2D eigenvalue weighted by molar-refractivity contribution is 0.419. The van der Waals surface area contributed by atoms with Gasteiger partial charge in [0.1, 0.15) is 5.75 Å². The predicted molar refractivity (Wildman–Crippen MR) is 97.5 cm³/mol. The SMILES string of the molecule is COc1cc(C2CC2c2cccc(Cl)c2)nc2cc(Br)ccc12. The molecule has 0 aliphatic heterocycles. The molecule has 1 fully saturated rings. The third-order valence-electron chi connectivity index (χ3n) is 4.42. The lowest BCUT2D eigenvalue weighted by Gasteiger charge is -2.09. The lowest BCUT2D eigenvalue weighted by atomic mass is 10.1. The Hall–Kier alpha value is -1.58. The summed E-state index contributed by atoms with van der Waals surface area (Å²) in [6, 6.07) is 16.3. The molecule has 1 saturated carbocycles. The average Bonchev–Trinajstić information content (AvgIpc) is 3.34. The summed E-state index contributed by atoms with van der Waals surface area (Å²) in [5.41, 5.74) is 3.35. The molecule has 1 heterocycles. The number of ether oxygens (including phenoxy) is 1. The molecule has 4 rings (SSSR count). The van der Waals surface area contributed by atoms with Gasteiger partial charge in [0.15, 0.2) is 0 Å². The highest BCUT2D eigenvalue weighted by molar-refractivity contribution is 9.10. The van der Waals surface area contributed by atoms with Gasteiger partial charge >= 0.3 is 0 Å². The standard InChI is InChI=1S/C19H15BrClNO/c1-23-19-10-18(22-17-8-12(20)5-6-14(17)19)16-9-15(16)11-3-2-4-13(21)7-11/h2-8,10,15-16H,9H2,1H3. The predicted octanol–water partition coefficient (Wildman–Crippen LogP) is 5.93. The number of halogens is 2. The van der Waals surface area contributed by atoms with Crippen molar-refractivity contribution in [3.63, 3.8) is 0 Å². The highest BCUT2D eigenvalue weighted by atomic mass is 79.9. The monoisotopic (exact) mass is 387 g/mol. The van der Waals surface area contributed by atoms with Crippen LogP contribution in [0.25, 0.3) is 10.9 Å². The second-order valence-electron chi connectivity index (χ2n) is 5.91. The van der Waals surface area contributed by atoms with E-state index in [0.717, 1.165) is 38.3 Å². The summed E-state index contributed by atoms with van der Waals surface area (Å²) in [7, 11) is 1.71. The van der Waals surface area contributed by atoms with Crippen molar-refractivity contribution in [3.8, 4) is 5.75 Å². The molecular weight excluding hydrogens is 374 g/mol. The van der Waals surface area contributed by atoms with Gasteiger partial charge < -0.3 is 4.74 Å². The quantitative estimate of drug-likeness (QED) is 0.555. The van der Waals surface area contributed by atoms with Crippen LogP contribution in [-0.4, -0.2) is 12.1 Å². The maximum Gasteiger partial charge on any atom is 0.130 e. The molecular formula is C19H15BrClNO. The minimum atomic E-state index is 0.436. The summed E-state index contributed by atoms with van der Waals surface area (Å²) in [6.07, 6.45) is 1.11. The van der Waals surface area contributed by atoms with Gasteiger partial charge in [-0.15, -0.1) is 0 Å². The second kappa shape index (κ2) is 5.81. The van der Waals surface area contributed by atoms with E-state index in [9.17, 15) is 0 Å². The van der Waals surface area contributed by atoms with Crippen LogP contribution in [0.2, 0.25) is 5.02 Å². The molecule has 2 aromatic carbocycles.